The highest BCUT2D eigenvalue weighted by molar-refractivity contribution is 14.1. The smallest absolute Gasteiger partial charge is 0.273 e. The number of allylic oxidation sites excluding steroid dienone is 1. The number of rotatable bonds is 12. The number of nitrogens with zero attached hydrogens (tertiary/aromatic N) is 2. The summed E-state index contributed by atoms with van der Waals surface area (Å²) in [5.41, 5.74) is 5.25. The Morgan fingerprint density at radius 1 is 1.14 bits per heavy atom. The third kappa shape index (κ3) is 7.64. The van der Waals surface area contributed by atoms with Gasteiger partial charge in [0, 0.05) is 20.8 Å². The number of halogens is 1. The van der Waals surface area contributed by atoms with Crippen molar-refractivity contribution in [3.05, 3.63) is 109 Å². The van der Waals surface area contributed by atoms with Crippen LogP contribution in [0.5, 0.6) is 11.5 Å². The predicted molar refractivity (Wildman–Crippen MR) is 148 cm³/mol. The van der Waals surface area contributed by atoms with Gasteiger partial charge in [-0.1, -0.05) is 36.4 Å². The molecule has 0 aliphatic carbocycles. The van der Waals surface area contributed by atoms with Crippen LogP contribution in [0, 0.1) is 13.7 Å². The summed E-state index contributed by atoms with van der Waals surface area (Å²) >= 11 is 2.26. The molecule has 1 amide bonds. The number of benzene rings is 3. The molecule has 0 aliphatic heterocycles. The molecule has 186 valence electrons. The fourth-order valence-corrected chi connectivity index (χ4v) is 3.82. The Hall–Kier alpha value is -3.73. The van der Waals surface area contributed by atoms with E-state index in [-0.39, 0.29) is 12.1 Å². The van der Waals surface area contributed by atoms with E-state index in [0.29, 0.717) is 42.3 Å². The van der Waals surface area contributed by atoms with Gasteiger partial charge in [0.05, 0.1) is 24.2 Å². The fourth-order valence-electron chi connectivity index (χ4n) is 3.46. The average molecular weight is 599 g/mol. The van der Waals surface area contributed by atoms with Crippen LogP contribution < -0.4 is 14.9 Å². The molecule has 0 saturated carbocycles. The van der Waals surface area contributed by atoms with Gasteiger partial charge in [0.15, 0.2) is 11.5 Å². The summed E-state index contributed by atoms with van der Waals surface area (Å²) < 4.78 is 13.1. The molecular weight excluding hydrogens is 573 g/mol. The van der Waals surface area contributed by atoms with Gasteiger partial charge in [0.25, 0.3) is 5.69 Å². The van der Waals surface area contributed by atoms with Crippen molar-refractivity contribution in [1.82, 2.24) is 5.43 Å². The largest absolute Gasteiger partial charge is 0.490 e. The van der Waals surface area contributed by atoms with Crippen LogP contribution in [-0.2, 0) is 24.2 Å². The van der Waals surface area contributed by atoms with E-state index >= 15 is 0 Å². The van der Waals surface area contributed by atoms with Crippen molar-refractivity contribution >= 4 is 40.4 Å². The average Bonchev–Trinajstić information content (AvgIpc) is 2.85. The molecule has 0 aliphatic rings. The van der Waals surface area contributed by atoms with E-state index in [1.54, 1.807) is 30.3 Å². The summed E-state index contributed by atoms with van der Waals surface area (Å²) in [5, 5.41) is 15.2. The van der Waals surface area contributed by atoms with Crippen molar-refractivity contribution in [3.8, 4) is 11.5 Å². The van der Waals surface area contributed by atoms with Gasteiger partial charge in [0.1, 0.15) is 6.61 Å². The minimum absolute atomic E-state index is 0.104. The lowest BCUT2D eigenvalue weighted by molar-refractivity contribution is -0.385. The Kier molecular flexibility index (Phi) is 9.99. The first-order valence-corrected chi connectivity index (χ1v) is 12.3. The number of hydrazone groups is 1. The van der Waals surface area contributed by atoms with Crippen molar-refractivity contribution in [3.63, 3.8) is 0 Å². The number of nitro groups is 1. The molecule has 36 heavy (non-hydrogen) atoms. The van der Waals surface area contributed by atoms with E-state index in [4.69, 9.17) is 9.47 Å². The van der Waals surface area contributed by atoms with E-state index in [2.05, 4.69) is 39.7 Å². The Morgan fingerprint density at radius 3 is 2.58 bits per heavy atom. The van der Waals surface area contributed by atoms with E-state index in [0.717, 1.165) is 14.7 Å². The summed E-state index contributed by atoms with van der Waals surface area (Å²) in [4.78, 5) is 23.0. The molecule has 0 fully saturated rings. The Morgan fingerprint density at radius 2 is 1.89 bits per heavy atom. The number of hydrogen-bond acceptors (Lipinski definition) is 6. The Labute approximate surface area is 223 Å². The molecule has 0 atom stereocenters. The monoisotopic (exact) mass is 599 g/mol. The van der Waals surface area contributed by atoms with E-state index in [1.807, 2.05) is 37.3 Å². The normalized spacial score (nSPS) is 10.7. The zero-order chi connectivity index (χ0) is 25.9. The number of carbonyl (C=O) groups excluding carboxylic acids is 1. The van der Waals surface area contributed by atoms with Gasteiger partial charge in [-0.15, -0.1) is 6.58 Å². The number of hydrogen-bond donors (Lipinski definition) is 1. The summed E-state index contributed by atoms with van der Waals surface area (Å²) in [7, 11) is 0. The van der Waals surface area contributed by atoms with Crippen LogP contribution in [0.1, 0.15) is 29.2 Å². The molecule has 3 aromatic rings. The first-order chi connectivity index (χ1) is 17.4. The van der Waals surface area contributed by atoms with Crippen molar-refractivity contribution < 1.29 is 19.2 Å². The third-order valence-electron chi connectivity index (χ3n) is 5.06. The van der Waals surface area contributed by atoms with E-state index in [9.17, 15) is 14.9 Å². The van der Waals surface area contributed by atoms with Crippen LogP contribution in [0.2, 0.25) is 0 Å². The number of amides is 1. The maximum absolute atomic E-state index is 12.3. The summed E-state index contributed by atoms with van der Waals surface area (Å²) in [6.45, 7) is 6.56. The minimum atomic E-state index is -0.510. The van der Waals surface area contributed by atoms with Crippen LogP contribution in [0.25, 0.3) is 0 Å². The zero-order valence-electron chi connectivity index (χ0n) is 19.8. The molecule has 0 saturated heterocycles. The maximum Gasteiger partial charge on any atom is 0.273 e. The van der Waals surface area contributed by atoms with Crippen molar-refractivity contribution in [1.29, 1.82) is 0 Å². The number of carbonyl (C=O) groups is 1. The molecule has 0 radical (unpaired) electrons. The zero-order valence-corrected chi connectivity index (χ0v) is 21.9. The lowest BCUT2D eigenvalue weighted by Crippen LogP contribution is -2.20. The lowest BCUT2D eigenvalue weighted by atomic mass is 10.1. The Balaban J connectivity index is 1.75. The molecule has 0 heterocycles. The first kappa shape index (κ1) is 26.9. The molecule has 0 bridgehead atoms. The van der Waals surface area contributed by atoms with Crippen LogP contribution in [0.4, 0.5) is 5.69 Å². The summed E-state index contributed by atoms with van der Waals surface area (Å²) in [6.07, 6.45) is 3.66. The molecule has 0 unspecified atom stereocenters. The van der Waals surface area contributed by atoms with Crippen LogP contribution in [0.15, 0.2) is 78.4 Å². The van der Waals surface area contributed by atoms with Crippen LogP contribution >= 0.6 is 22.6 Å². The van der Waals surface area contributed by atoms with Gasteiger partial charge >= 0.3 is 0 Å². The van der Waals surface area contributed by atoms with Gasteiger partial charge in [-0.3, -0.25) is 14.9 Å². The highest BCUT2D eigenvalue weighted by Gasteiger charge is 2.16. The lowest BCUT2D eigenvalue weighted by Gasteiger charge is -2.17. The second kappa shape index (κ2) is 13.4. The summed E-state index contributed by atoms with van der Waals surface area (Å²) in [5.74, 6) is 0.734. The number of para-hydroxylation sites is 1. The molecule has 0 aromatic heterocycles. The quantitative estimate of drug-likeness (QED) is 0.0961. The number of nitrogens with one attached hydrogen (secondary N) is 1. The predicted octanol–water partition coefficient (Wildman–Crippen LogP) is 5.60. The molecule has 1 N–H and O–H groups in total. The minimum Gasteiger partial charge on any atom is -0.490 e. The molecule has 9 heteroatoms. The Bertz CT molecular complexity index is 1260. The molecule has 8 nitrogen and oxygen atoms in total. The van der Waals surface area contributed by atoms with Gasteiger partial charge in [-0.05, 0) is 71.3 Å². The van der Waals surface area contributed by atoms with Gasteiger partial charge in [-0.25, -0.2) is 5.43 Å². The van der Waals surface area contributed by atoms with E-state index in [1.165, 1.54) is 12.3 Å². The highest BCUT2D eigenvalue weighted by Crippen LogP contribution is 2.34. The van der Waals surface area contributed by atoms with Crippen LogP contribution in [0.3, 0.4) is 0 Å². The van der Waals surface area contributed by atoms with Gasteiger partial charge < -0.3 is 9.47 Å². The molecule has 3 aromatic carbocycles. The summed E-state index contributed by atoms with van der Waals surface area (Å²) in [6, 6.07) is 17.9. The van der Waals surface area contributed by atoms with Gasteiger partial charge in [-0.2, -0.15) is 5.10 Å². The molecule has 0 spiro atoms. The number of ether oxygens (including phenoxy) is 2. The molecular formula is C27H26IN3O5. The maximum atomic E-state index is 12.3. The third-order valence-corrected chi connectivity index (χ3v) is 5.78. The van der Waals surface area contributed by atoms with Crippen molar-refractivity contribution in [2.24, 2.45) is 5.10 Å². The molecule has 3 rings (SSSR count). The second-order valence-corrected chi connectivity index (χ2v) is 8.95. The number of nitro benzene ring substituents is 1. The van der Waals surface area contributed by atoms with Crippen LogP contribution in [-0.4, -0.2) is 23.7 Å². The standard InChI is InChI=1S/C27H26IN3O5/c1-3-7-22-14-20(17-29-30-26(32)16-21-8-5-6-9-24(21)31(33)34)15-25(35-4-2)27(22)36-18-19-10-12-23(28)13-11-19/h3,5-6,8-15,17H,1,4,7,16,18H2,2H3,(H,30,32)/b29-17+. The van der Waals surface area contributed by atoms with Gasteiger partial charge in [0.2, 0.25) is 5.91 Å². The fraction of sp³-hybridized carbons (Fsp3) is 0.185. The second-order valence-electron chi connectivity index (χ2n) is 7.70. The van der Waals surface area contributed by atoms with Crippen molar-refractivity contribution in [2.45, 2.75) is 26.4 Å². The van der Waals surface area contributed by atoms with E-state index < -0.39 is 10.8 Å². The topological polar surface area (TPSA) is 103 Å². The highest BCUT2D eigenvalue weighted by atomic mass is 127. The van der Waals surface area contributed by atoms with Crippen molar-refractivity contribution in [2.75, 3.05) is 6.61 Å². The first-order valence-electron chi connectivity index (χ1n) is 11.2. The SMILES string of the molecule is C=CCc1cc(/C=N/NC(=O)Cc2ccccc2[N+](=O)[O-])cc(OCC)c1OCc1ccc(I)cc1.